The molecule has 0 saturated carbocycles. The molecule has 0 amide bonds. The van der Waals surface area contributed by atoms with Crippen LogP contribution in [0.25, 0.3) is 0 Å². The third kappa shape index (κ3) is 3.61. The largest absolute Gasteiger partial charge is 0.388 e. The summed E-state index contributed by atoms with van der Waals surface area (Å²) < 4.78 is 5.24. The predicted octanol–water partition coefficient (Wildman–Crippen LogP) is 1.28. The third-order valence-corrected chi connectivity index (χ3v) is 3.51. The van der Waals surface area contributed by atoms with Crippen LogP contribution in [-0.4, -0.2) is 41.8 Å². The van der Waals surface area contributed by atoms with Gasteiger partial charge < -0.3 is 15.4 Å². The van der Waals surface area contributed by atoms with E-state index >= 15 is 0 Å². The molecule has 104 valence electrons. The van der Waals surface area contributed by atoms with Gasteiger partial charge in [-0.3, -0.25) is 0 Å². The number of hydrogen-bond acceptors (Lipinski definition) is 5. The number of methoxy groups -OCH3 is 1. The van der Waals surface area contributed by atoms with E-state index in [0.717, 1.165) is 37.8 Å². The Morgan fingerprint density at radius 3 is 3.05 bits per heavy atom. The van der Waals surface area contributed by atoms with Crippen LogP contribution in [0.2, 0.25) is 0 Å². The Hall–Kier alpha value is -1.27. The van der Waals surface area contributed by atoms with Crippen molar-refractivity contribution < 1.29 is 4.74 Å². The number of nitrogens with zero attached hydrogens (tertiary/aromatic N) is 3. The zero-order valence-electron chi connectivity index (χ0n) is 11.4. The molecule has 1 unspecified atom stereocenters. The quantitative estimate of drug-likeness (QED) is 0.838. The highest BCUT2D eigenvalue weighted by atomic mass is 32.1. The molecule has 0 spiro atoms. The van der Waals surface area contributed by atoms with E-state index in [1.165, 1.54) is 6.42 Å². The number of ether oxygens (including phenoxy) is 1. The molecule has 1 saturated heterocycles. The Kier molecular flexibility index (Phi) is 4.66. The summed E-state index contributed by atoms with van der Waals surface area (Å²) in [5, 5.41) is 0. The van der Waals surface area contributed by atoms with Crippen LogP contribution in [0.1, 0.15) is 24.2 Å². The van der Waals surface area contributed by atoms with Crippen LogP contribution >= 0.6 is 12.2 Å². The van der Waals surface area contributed by atoms with Crippen molar-refractivity contribution in [2.24, 2.45) is 11.7 Å². The molecule has 1 aliphatic heterocycles. The Morgan fingerprint density at radius 1 is 1.58 bits per heavy atom. The molecule has 1 fully saturated rings. The van der Waals surface area contributed by atoms with E-state index in [-0.39, 0.29) is 0 Å². The van der Waals surface area contributed by atoms with Crippen molar-refractivity contribution in [3.05, 3.63) is 17.5 Å². The number of nitrogens with two attached hydrogens (primary N) is 1. The lowest BCUT2D eigenvalue weighted by Crippen LogP contribution is -2.38. The van der Waals surface area contributed by atoms with Gasteiger partial charge in [-0.2, -0.15) is 0 Å². The second-order valence-electron chi connectivity index (χ2n) is 4.97. The van der Waals surface area contributed by atoms with Crippen molar-refractivity contribution in [3.63, 3.8) is 0 Å². The monoisotopic (exact) mass is 280 g/mol. The summed E-state index contributed by atoms with van der Waals surface area (Å²) in [7, 11) is 1.74. The number of thiocarbonyl (C=S) groups is 1. The molecule has 1 aliphatic rings. The lowest BCUT2D eigenvalue weighted by atomic mass is 9.99. The lowest BCUT2D eigenvalue weighted by Gasteiger charge is -2.32. The Bertz CT molecular complexity index is 464. The zero-order valence-corrected chi connectivity index (χ0v) is 12.2. The molecule has 19 heavy (non-hydrogen) atoms. The van der Waals surface area contributed by atoms with E-state index in [1.54, 1.807) is 7.11 Å². The Labute approximate surface area is 119 Å². The number of hydrogen-bond donors (Lipinski definition) is 1. The fourth-order valence-corrected chi connectivity index (χ4v) is 2.54. The minimum absolute atomic E-state index is 0.317. The van der Waals surface area contributed by atoms with Crippen LogP contribution < -0.4 is 10.6 Å². The highest BCUT2D eigenvalue weighted by Gasteiger charge is 2.22. The summed E-state index contributed by atoms with van der Waals surface area (Å²) in [5.41, 5.74) is 7.19. The van der Waals surface area contributed by atoms with Crippen molar-refractivity contribution in [3.8, 4) is 0 Å². The molecule has 6 heteroatoms. The number of aromatic nitrogens is 2. The highest BCUT2D eigenvalue weighted by molar-refractivity contribution is 7.80. The summed E-state index contributed by atoms with van der Waals surface area (Å²) in [6, 6.07) is 1.82. The van der Waals surface area contributed by atoms with Crippen molar-refractivity contribution >= 4 is 23.2 Å². The third-order valence-electron chi connectivity index (χ3n) is 3.30. The first-order valence-electron chi connectivity index (χ1n) is 6.49. The maximum atomic E-state index is 5.66. The van der Waals surface area contributed by atoms with Gasteiger partial charge in [0.1, 0.15) is 10.7 Å². The lowest BCUT2D eigenvalue weighted by molar-refractivity contribution is 0.143. The maximum absolute atomic E-state index is 5.66. The fourth-order valence-electron chi connectivity index (χ4n) is 2.44. The molecule has 5 nitrogen and oxygen atoms in total. The molecule has 0 radical (unpaired) electrons. The van der Waals surface area contributed by atoms with Gasteiger partial charge in [0, 0.05) is 25.9 Å². The topological polar surface area (TPSA) is 64.3 Å². The molecular formula is C13H20N4OS. The summed E-state index contributed by atoms with van der Waals surface area (Å²) in [5.74, 6) is 1.26. The van der Waals surface area contributed by atoms with Gasteiger partial charge >= 0.3 is 0 Å². The molecule has 2 heterocycles. The van der Waals surface area contributed by atoms with Crippen LogP contribution in [0.15, 0.2) is 6.07 Å². The molecule has 1 aromatic rings. The van der Waals surface area contributed by atoms with E-state index in [9.17, 15) is 0 Å². The van der Waals surface area contributed by atoms with E-state index in [0.29, 0.717) is 16.6 Å². The number of piperidine rings is 1. The molecule has 2 N–H and O–H groups in total. The van der Waals surface area contributed by atoms with Crippen LogP contribution in [0.3, 0.4) is 0 Å². The van der Waals surface area contributed by atoms with Crippen LogP contribution in [0, 0.1) is 12.8 Å². The predicted molar refractivity (Wildman–Crippen MR) is 79.5 cm³/mol. The van der Waals surface area contributed by atoms with Crippen molar-refractivity contribution in [1.29, 1.82) is 0 Å². The van der Waals surface area contributed by atoms with E-state index < -0.39 is 0 Å². The summed E-state index contributed by atoms with van der Waals surface area (Å²) >= 11 is 5.00. The average molecular weight is 280 g/mol. The molecule has 2 rings (SSSR count). The van der Waals surface area contributed by atoms with Crippen molar-refractivity contribution in [2.75, 3.05) is 31.7 Å². The van der Waals surface area contributed by atoms with Gasteiger partial charge in [0.15, 0.2) is 0 Å². The van der Waals surface area contributed by atoms with Crippen molar-refractivity contribution in [1.82, 2.24) is 9.97 Å². The minimum Gasteiger partial charge on any atom is -0.388 e. The molecule has 0 aliphatic carbocycles. The summed E-state index contributed by atoms with van der Waals surface area (Å²) in [6.07, 6.45) is 2.33. The smallest absolute Gasteiger partial charge is 0.226 e. The molecular weight excluding hydrogens is 260 g/mol. The van der Waals surface area contributed by atoms with Crippen molar-refractivity contribution in [2.45, 2.75) is 19.8 Å². The van der Waals surface area contributed by atoms with Gasteiger partial charge in [0.2, 0.25) is 5.95 Å². The molecule has 1 aromatic heterocycles. The van der Waals surface area contributed by atoms with Crippen LogP contribution in [0.5, 0.6) is 0 Å². The van der Waals surface area contributed by atoms with Crippen LogP contribution in [-0.2, 0) is 4.74 Å². The number of aryl methyl sites for hydroxylation is 1. The minimum atomic E-state index is 0.317. The SMILES string of the molecule is COCC1CCCN(c2nc(C)cc(C(N)=S)n2)C1. The Morgan fingerprint density at radius 2 is 2.37 bits per heavy atom. The first-order chi connectivity index (χ1) is 9.10. The van der Waals surface area contributed by atoms with Gasteiger partial charge in [0.05, 0.1) is 6.61 Å². The highest BCUT2D eigenvalue weighted by Crippen LogP contribution is 2.21. The molecule has 0 aromatic carbocycles. The number of rotatable bonds is 4. The fraction of sp³-hybridized carbons (Fsp3) is 0.615. The average Bonchev–Trinajstić information content (AvgIpc) is 2.38. The second-order valence-corrected chi connectivity index (χ2v) is 5.41. The normalized spacial score (nSPS) is 19.5. The number of anilines is 1. The maximum Gasteiger partial charge on any atom is 0.226 e. The van der Waals surface area contributed by atoms with E-state index in [1.807, 2.05) is 13.0 Å². The summed E-state index contributed by atoms with van der Waals surface area (Å²) in [6.45, 7) is 4.61. The standard InChI is InChI=1S/C13H20N4OS/c1-9-6-11(12(14)19)16-13(15-9)17-5-3-4-10(7-17)8-18-2/h6,10H,3-5,7-8H2,1-2H3,(H2,14,19). The zero-order chi connectivity index (χ0) is 13.8. The second kappa shape index (κ2) is 6.25. The first kappa shape index (κ1) is 14.1. The van der Waals surface area contributed by atoms with Gasteiger partial charge in [-0.25, -0.2) is 9.97 Å². The molecule has 1 atom stereocenters. The van der Waals surface area contributed by atoms with Gasteiger partial charge in [-0.15, -0.1) is 0 Å². The first-order valence-corrected chi connectivity index (χ1v) is 6.90. The van der Waals surface area contributed by atoms with Gasteiger partial charge in [-0.05, 0) is 31.7 Å². The molecule has 0 bridgehead atoms. The van der Waals surface area contributed by atoms with Gasteiger partial charge in [-0.1, -0.05) is 12.2 Å². The van der Waals surface area contributed by atoms with Crippen LogP contribution in [0.4, 0.5) is 5.95 Å². The van der Waals surface area contributed by atoms with E-state index in [2.05, 4.69) is 14.9 Å². The summed E-state index contributed by atoms with van der Waals surface area (Å²) in [4.78, 5) is 11.5. The van der Waals surface area contributed by atoms with Gasteiger partial charge in [0.25, 0.3) is 0 Å². The van der Waals surface area contributed by atoms with E-state index in [4.69, 9.17) is 22.7 Å². The Balaban J connectivity index is 2.18.